The van der Waals surface area contributed by atoms with E-state index in [9.17, 15) is 8.42 Å². The highest BCUT2D eigenvalue weighted by Crippen LogP contribution is 2.26. The molecule has 7 heteroatoms. The molecule has 0 aliphatic carbocycles. The smallest absolute Gasteiger partial charge is 0.241 e. The van der Waals surface area contributed by atoms with Gasteiger partial charge in [-0.05, 0) is 31.0 Å². The van der Waals surface area contributed by atoms with Crippen molar-refractivity contribution >= 4 is 27.3 Å². The van der Waals surface area contributed by atoms with Gasteiger partial charge in [-0.1, -0.05) is 18.5 Å². The Bertz CT molecular complexity index is 504. The van der Waals surface area contributed by atoms with Gasteiger partial charge in [0.2, 0.25) is 10.0 Å². The predicted molar refractivity (Wildman–Crippen MR) is 72.1 cm³/mol. The van der Waals surface area contributed by atoms with E-state index in [-0.39, 0.29) is 11.5 Å². The lowest BCUT2D eigenvalue weighted by molar-refractivity contribution is 0.254. The Morgan fingerprint density at radius 3 is 2.56 bits per heavy atom. The second-order valence-electron chi connectivity index (χ2n) is 4.03. The molecular formula is C11H17ClN2O3S. The summed E-state index contributed by atoms with van der Waals surface area (Å²) in [5, 5.41) is 9.31. The van der Waals surface area contributed by atoms with Gasteiger partial charge in [-0.2, -0.15) is 0 Å². The zero-order chi connectivity index (χ0) is 13.9. The molecule has 18 heavy (non-hydrogen) atoms. The lowest BCUT2D eigenvalue weighted by atomic mass is 10.2. The third kappa shape index (κ3) is 3.35. The maximum atomic E-state index is 12.0. The van der Waals surface area contributed by atoms with Gasteiger partial charge in [0.05, 0.1) is 11.5 Å². The Morgan fingerprint density at radius 2 is 2.11 bits per heavy atom. The van der Waals surface area contributed by atoms with Gasteiger partial charge in [0, 0.05) is 16.8 Å². The third-order valence-corrected chi connectivity index (χ3v) is 4.60. The van der Waals surface area contributed by atoms with Gasteiger partial charge in [0.1, 0.15) is 0 Å². The molecule has 0 saturated heterocycles. The summed E-state index contributed by atoms with van der Waals surface area (Å²) < 4.78 is 26.5. The van der Waals surface area contributed by atoms with Gasteiger partial charge in [-0.25, -0.2) is 13.1 Å². The fourth-order valence-corrected chi connectivity index (χ4v) is 3.03. The van der Waals surface area contributed by atoms with E-state index in [4.69, 9.17) is 22.4 Å². The molecule has 1 rings (SSSR count). The van der Waals surface area contributed by atoms with E-state index in [0.29, 0.717) is 22.7 Å². The fourth-order valence-electron chi connectivity index (χ4n) is 1.37. The van der Waals surface area contributed by atoms with Gasteiger partial charge < -0.3 is 10.8 Å². The average molecular weight is 293 g/mol. The number of anilines is 1. The Hall–Kier alpha value is -0.820. The number of sulfonamides is 1. The van der Waals surface area contributed by atoms with Crippen molar-refractivity contribution in [1.82, 2.24) is 4.72 Å². The van der Waals surface area contributed by atoms with Crippen molar-refractivity contribution in [2.75, 3.05) is 12.3 Å². The monoisotopic (exact) mass is 292 g/mol. The lowest BCUT2D eigenvalue weighted by Gasteiger charge is -2.15. The number of aliphatic hydroxyl groups is 1. The molecule has 0 radical (unpaired) electrons. The first-order valence-electron chi connectivity index (χ1n) is 5.50. The summed E-state index contributed by atoms with van der Waals surface area (Å²) in [7, 11) is -3.72. The van der Waals surface area contributed by atoms with Crippen molar-refractivity contribution in [3.8, 4) is 0 Å². The number of hydrogen-bond donors (Lipinski definition) is 3. The minimum Gasteiger partial charge on any atom is -0.398 e. The number of nitrogens with one attached hydrogen (secondary N) is 1. The van der Waals surface area contributed by atoms with E-state index >= 15 is 0 Å². The molecule has 0 spiro atoms. The fraction of sp³-hybridized carbons (Fsp3) is 0.455. The van der Waals surface area contributed by atoms with Crippen LogP contribution in [0.1, 0.15) is 18.9 Å². The van der Waals surface area contributed by atoms with Crippen LogP contribution in [0.25, 0.3) is 0 Å². The molecule has 0 saturated carbocycles. The predicted octanol–water partition coefficient (Wildman–Crippen LogP) is 1.28. The SMILES string of the molecule is CCC(CO)NS(=O)(=O)c1cc(N)c(C)c(Cl)c1. The minimum absolute atomic E-state index is 0.00231. The molecular weight excluding hydrogens is 276 g/mol. The first-order chi connectivity index (χ1) is 8.31. The number of nitrogens with two attached hydrogens (primary N) is 1. The Balaban J connectivity index is 3.13. The molecule has 1 aromatic carbocycles. The van der Waals surface area contributed by atoms with Crippen molar-refractivity contribution in [3.63, 3.8) is 0 Å². The molecule has 0 amide bonds. The van der Waals surface area contributed by atoms with Crippen LogP contribution in [0.15, 0.2) is 17.0 Å². The molecule has 1 aromatic rings. The first-order valence-corrected chi connectivity index (χ1v) is 7.36. The van der Waals surface area contributed by atoms with Crippen LogP contribution in [-0.4, -0.2) is 26.2 Å². The van der Waals surface area contributed by atoms with Crippen molar-refractivity contribution in [2.24, 2.45) is 0 Å². The van der Waals surface area contributed by atoms with E-state index in [0.717, 1.165) is 0 Å². The van der Waals surface area contributed by atoms with Gasteiger partial charge in [-0.15, -0.1) is 0 Å². The molecule has 0 aliphatic heterocycles. The first kappa shape index (κ1) is 15.2. The number of aliphatic hydroxyl groups excluding tert-OH is 1. The molecule has 0 aliphatic rings. The zero-order valence-corrected chi connectivity index (χ0v) is 11.8. The third-order valence-electron chi connectivity index (χ3n) is 2.70. The molecule has 0 fully saturated rings. The number of nitrogen functional groups attached to an aromatic ring is 1. The standard InChI is InChI=1S/C11H17ClN2O3S/c1-3-8(6-15)14-18(16,17)9-4-10(12)7(2)11(13)5-9/h4-5,8,14-15H,3,6,13H2,1-2H3. The van der Waals surface area contributed by atoms with E-state index in [2.05, 4.69) is 4.72 Å². The molecule has 4 N–H and O–H groups in total. The highest BCUT2D eigenvalue weighted by Gasteiger charge is 2.20. The topological polar surface area (TPSA) is 92.4 Å². The van der Waals surface area contributed by atoms with Crippen LogP contribution in [0.2, 0.25) is 5.02 Å². The Morgan fingerprint density at radius 1 is 1.50 bits per heavy atom. The van der Waals surface area contributed by atoms with Crippen molar-refractivity contribution in [1.29, 1.82) is 0 Å². The van der Waals surface area contributed by atoms with Gasteiger partial charge >= 0.3 is 0 Å². The normalized spacial score (nSPS) is 13.6. The number of benzene rings is 1. The van der Waals surface area contributed by atoms with Crippen molar-refractivity contribution in [3.05, 3.63) is 22.7 Å². The maximum Gasteiger partial charge on any atom is 0.241 e. The molecule has 1 atom stereocenters. The molecule has 102 valence electrons. The van der Waals surface area contributed by atoms with Crippen LogP contribution in [-0.2, 0) is 10.0 Å². The van der Waals surface area contributed by atoms with E-state index in [1.165, 1.54) is 12.1 Å². The molecule has 0 aromatic heterocycles. The minimum atomic E-state index is -3.72. The van der Waals surface area contributed by atoms with Crippen LogP contribution in [0.5, 0.6) is 0 Å². The highest BCUT2D eigenvalue weighted by molar-refractivity contribution is 7.89. The van der Waals surface area contributed by atoms with Crippen LogP contribution in [0, 0.1) is 6.92 Å². The lowest BCUT2D eigenvalue weighted by Crippen LogP contribution is -2.36. The van der Waals surface area contributed by atoms with Crippen LogP contribution < -0.4 is 10.5 Å². The van der Waals surface area contributed by atoms with E-state index in [1.54, 1.807) is 13.8 Å². The van der Waals surface area contributed by atoms with Crippen LogP contribution >= 0.6 is 11.6 Å². The molecule has 1 unspecified atom stereocenters. The second-order valence-corrected chi connectivity index (χ2v) is 6.15. The summed E-state index contributed by atoms with van der Waals surface area (Å²) in [6.45, 7) is 3.23. The van der Waals surface area contributed by atoms with Crippen LogP contribution in [0.4, 0.5) is 5.69 Å². The Kier molecular flexibility index (Phi) is 4.98. The zero-order valence-electron chi connectivity index (χ0n) is 10.3. The summed E-state index contributed by atoms with van der Waals surface area (Å²) in [6, 6.07) is 2.18. The number of rotatable bonds is 5. The second kappa shape index (κ2) is 5.88. The largest absolute Gasteiger partial charge is 0.398 e. The van der Waals surface area contributed by atoms with E-state index < -0.39 is 16.1 Å². The van der Waals surface area contributed by atoms with E-state index in [1.807, 2.05) is 0 Å². The van der Waals surface area contributed by atoms with Crippen molar-refractivity contribution in [2.45, 2.75) is 31.2 Å². The summed E-state index contributed by atoms with van der Waals surface area (Å²) >= 11 is 5.91. The number of halogens is 1. The van der Waals surface area contributed by atoms with Crippen LogP contribution in [0.3, 0.4) is 0 Å². The Labute approximate surface area is 112 Å². The maximum absolute atomic E-state index is 12.0. The van der Waals surface area contributed by atoms with Gasteiger partial charge in [0.15, 0.2) is 0 Å². The summed E-state index contributed by atoms with van der Waals surface area (Å²) in [5.41, 5.74) is 6.65. The number of hydrogen-bond acceptors (Lipinski definition) is 4. The summed E-state index contributed by atoms with van der Waals surface area (Å²) in [4.78, 5) is 0.00231. The van der Waals surface area contributed by atoms with Crippen molar-refractivity contribution < 1.29 is 13.5 Å². The highest BCUT2D eigenvalue weighted by atomic mass is 35.5. The summed E-state index contributed by atoms with van der Waals surface area (Å²) in [5.74, 6) is 0. The summed E-state index contributed by atoms with van der Waals surface area (Å²) in [6.07, 6.45) is 0.491. The molecule has 0 bridgehead atoms. The van der Waals surface area contributed by atoms with Gasteiger partial charge in [0.25, 0.3) is 0 Å². The average Bonchev–Trinajstić information content (AvgIpc) is 2.32. The van der Waals surface area contributed by atoms with Gasteiger partial charge in [-0.3, -0.25) is 0 Å². The molecule has 0 heterocycles. The molecule has 5 nitrogen and oxygen atoms in total. The quantitative estimate of drug-likeness (QED) is 0.713.